The number of rotatable bonds is 9. The zero-order valence-electron chi connectivity index (χ0n) is 18.8. The van der Waals surface area contributed by atoms with E-state index in [1.807, 2.05) is 0 Å². The van der Waals surface area contributed by atoms with Crippen LogP contribution in [0.4, 0.5) is 5.69 Å². The van der Waals surface area contributed by atoms with Crippen molar-refractivity contribution in [3.63, 3.8) is 0 Å². The fourth-order valence-electron chi connectivity index (χ4n) is 3.13. The van der Waals surface area contributed by atoms with E-state index in [0.717, 1.165) is 5.06 Å². The maximum Gasteiger partial charge on any atom is 0.361 e. The van der Waals surface area contributed by atoms with Gasteiger partial charge in [0.15, 0.2) is 0 Å². The number of anilines is 1. The minimum Gasteiger partial charge on any atom is -0.462 e. The van der Waals surface area contributed by atoms with E-state index in [9.17, 15) is 18.9 Å². The second-order valence-electron chi connectivity index (χ2n) is 7.45. The molecule has 9 nitrogen and oxygen atoms in total. The maximum absolute atomic E-state index is 12.5. The molecule has 0 saturated carbocycles. The summed E-state index contributed by atoms with van der Waals surface area (Å²) in [6, 6.07) is 6.55. The predicted molar refractivity (Wildman–Crippen MR) is 120 cm³/mol. The van der Waals surface area contributed by atoms with Crippen LogP contribution in [0.3, 0.4) is 0 Å². The lowest BCUT2D eigenvalue weighted by Gasteiger charge is -2.20. The molecule has 1 amide bonds. The van der Waals surface area contributed by atoms with Gasteiger partial charge in [0.25, 0.3) is 5.34 Å². The zero-order valence-corrected chi connectivity index (χ0v) is 19.8. The van der Waals surface area contributed by atoms with Gasteiger partial charge < -0.3 is 15.2 Å². The van der Waals surface area contributed by atoms with Gasteiger partial charge in [-0.1, -0.05) is 28.8 Å². The van der Waals surface area contributed by atoms with Gasteiger partial charge in [-0.05, 0) is 30.5 Å². The fourth-order valence-corrected chi connectivity index (χ4v) is 3.30. The van der Waals surface area contributed by atoms with Crippen molar-refractivity contribution in [3.05, 3.63) is 41.0 Å². The Labute approximate surface area is 188 Å². The molecule has 172 valence electrons. The Hall–Kier alpha value is -3.03. The van der Waals surface area contributed by atoms with Crippen molar-refractivity contribution in [1.82, 2.24) is 5.06 Å². The van der Waals surface area contributed by atoms with E-state index in [1.165, 1.54) is 7.05 Å². The number of ether oxygens (including phenoxy) is 2. The van der Waals surface area contributed by atoms with Crippen molar-refractivity contribution in [2.75, 3.05) is 26.0 Å². The van der Waals surface area contributed by atoms with Gasteiger partial charge in [0.05, 0.1) is 36.4 Å². The smallest absolute Gasteiger partial charge is 0.361 e. The molecule has 0 fully saturated rings. The quantitative estimate of drug-likeness (QED) is 0.341. The van der Waals surface area contributed by atoms with Crippen LogP contribution < -0.4 is 5.73 Å². The summed E-state index contributed by atoms with van der Waals surface area (Å²) in [6.07, 6.45) is -0.0230. The third-order valence-corrected chi connectivity index (χ3v) is 5.16. The summed E-state index contributed by atoms with van der Waals surface area (Å²) in [5.41, 5.74) is 7.74. The van der Waals surface area contributed by atoms with Crippen LogP contribution in [-0.2, 0) is 30.1 Å². The number of carbonyl (C=O) groups excluding carboxylic acids is 3. The monoisotopic (exact) mass is 463 g/mol. The number of carbonyl (C=O) groups is 3. The zero-order chi connectivity index (χ0) is 24.1. The number of likely N-dealkylation sites (N-methyl/N-ethyl adjacent to an activating group) is 1. The van der Waals surface area contributed by atoms with E-state index in [2.05, 4.69) is 0 Å². The molecule has 0 aliphatic heterocycles. The van der Waals surface area contributed by atoms with Gasteiger partial charge in [-0.2, -0.15) is 0 Å². The first-order chi connectivity index (χ1) is 15.1. The number of nitrogens with zero attached hydrogens (tertiary/aromatic N) is 1. The van der Waals surface area contributed by atoms with E-state index in [0.29, 0.717) is 16.7 Å². The molecule has 0 aromatic rings. The lowest BCUT2D eigenvalue weighted by molar-refractivity contribution is -0.199. The van der Waals surface area contributed by atoms with Gasteiger partial charge in [-0.25, -0.2) is 19.5 Å². The molecule has 1 atom stereocenters. The Morgan fingerprint density at radius 1 is 0.969 bits per heavy atom. The summed E-state index contributed by atoms with van der Waals surface area (Å²) >= 11 is 0. The minimum absolute atomic E-state index is 0.00506. The number of amides is 1. The second-order valence-corrected chi connectivity index (χ2v) is 8.85. The first kappa shape index (κ1) is 25.2. The molecule has 0 heterocycles. The largest absolute Gasteiger partial charge is 0.462 e. The Kier molecular flexibility index (Phi) is 8.30. The van der Waals surface area contributed by atoms with E-state index >= 15 is 0 Å². The highest BCUT2D eigenvalue weighted by Gasteiger charge is 2.32. The Bertz CT molecular complexity index is 950. The van der Waals surface area contributed by atoms with Crippen molar-refractivity contribution in [3.8, 4) is 11.1 Å². The summed E-state index contributed by atoms with van der Waals surface area (Å²) in [5.74, 6) is -1.66. The lowest BCUT2D eigenvalue weighted by Crippen LogP contribution is -2.35. The van der Waals surface area contributed by atoms with Gasteiger partial charge >= 0.3 is 20.4 Å². The Morgan fingerprint density at radius 3 is 1.84 bits per heavy atom. The number of esters is 2. The molecule has 2 rings (SSSR count). The molecule has 0 aromatic heterocycles. The van der Waals surface area contributed by atoms with Crippen molar-refractivity contribution >= 4 is 32.0 Å². The van der Waals surface area contributed by atoms with E-state index in [4.69, 9.17) is 20.0 Å². The normalized spacial score (nSPS) is 11.4. The third kappa shape index (κ3) is 5.60. The number of nitrogen functional groups attached to an aromatic ring is 1. The molecular weight excluding hydrogens is 435 g/mol. The predicted octanol–water partition coefficient (Wildman–Crippen LogP) is 3.42. The molecule has 0 spiro atoms. The number of hydrogen-bond donors (Lipinski definition) is 1. The minimum atomic E-state index is -0.993. The van der Waals surface area contributed by atoms with Crippen LogP contribution in [0.15, 0.2) is 24.3 Å². The van der Waals surface area contributed by atoms with Gasteiger partial charge in [0.2, 0.25) is 5.91 Å². The van der Waals surface area contributed by atoms with Crippen LogP contribution >= 0.6 is 8.46 Å². The number of hydrogen-bond acceptors (Lipinski definition) is 8. The highest BCUT2D eigenvalue weighted by atomic mass is 31.1. The molecule has 1 unspecified atom stereocenters. The average molecular weight is 463 g/mol. The van der Waals surface area contributed by atoms with Crippen molar-refractivity contribution in [1.29, 1.82) is 0 Å². The van der Waals surface area contributed by atoms with Crippen molar-refractivity contribution in [2.24, 2.45) is 0 Å². The standard InChI is InChI=1S/C22H27N2O7P/c1-6-29-20(26)17-14-10-8-13(12-16(25)24(5)31-22(3,4)32-28)9-11-15(14)18(19(17)23)21(27)30-7-2/h8-11H,6-7,12,23H2,1-5H3/p+1. The van der Waals surface area contributed by atoms with Crippen LogP contribution in [0.2, 0.25) is 0 Å². The van der Waals surface area contributed by atoms with Crippen LogP contribution in [-0.4, -0.2) is 48.5 Å². The summed E-state index contributed by atoms with van der Waals surface area (Å²) < 4.78 is 21.4. The second kappa shape index (κ2) is 10.5. The molecule has 10 heteroatoms. The molecule has 2 aliphatic carbocycles. The van der Waals surface area contributed by atoms with Gasteiger partial charge in [0.1, 0.15) is 0 Å². The highest BCUT2D eigenvalue weighted by molar-refractivity contribution is 7.25. The number of hydroxylamine groups is 2. The molecule has 0 saturated heterocycles. The topological polar surface area (TPSA) is 125 Å². The molecule has 0 bridgehead atoms. The average Bonchev–Trinajstić information content (AvgIpc) is 2.86. The third-order valence-electron chi connectivity index (χ3n) is 4.57. The summed E-state index contributed by atoms with van der Waals surface area (Å²) in [7, 11) is 0.695. The van der Waals surface area contributed by atoms with E-state index < -0.39 is 25.7 Å². The van der Waals surface area contributed by atoms with E-state index in [1.54, 1.807) is 52.0 Å². The SMILES string of the molecule is CCOC(=O)c1c2ccc(CC(=O)N(C)OC(C)(C)[PH+]=O)ccc-2c(C(=O)OCC)c1N. The van der Waals surface area contributed by atoms with Gasteiger partial charge in [-0.3, -0.25) is 4.79 Å². The van der Waals surface area contributed by atoms with Gasteiger partial charge in [-0.15, -0.1) is 0 Å². The summed E-state index contributed by atoms with van der Waals surface area (Å²) in [5, 5.41) is 0.0526. The fraction of sp³-hybridized carbons (Fsp3) is 0.409. The molecule has 2 aliphatic rings. The van der Waals surface area contributed by atoms with E-state index in [-0.39, 0.29) is 42.4 Å². The van der Waals surface area contributed by atoms with Crippen LogP contribution in [0.1, 0.15) is 54.0 Å². The lowest BCUT2D eigenvalue weighted by atomic mass is 10.1. The molecular formula is C22H28N2O7P+. The number of nitrogens with two attached hydrogens (primary N) is 1. The highest BCUT2D eigenvalue weighted by Crippen LogP contribution is 2.39. The molecule has 32 heavy (non-hydrogen) atoms. The van der Waals surface area contributed by atoms with Crippen LogP contribution in [0, 0.1) is 0 Å². The Balaban J connectivity index is 2.47. The van der Waals surface area contributed by atoms with Crippen molar-refractivity contribution < 1.29 is 33.3 Å². The Morgan fingerprint density at radius 2 is 1.44 bits per heavy atom. The van der Waals surface area contributed by atoms with Crippen LogP contribution in [0.5, 0.6) is 0 Å². The molecule has 0 aromatic carbocycles. The first-order valence-corrected chi connectivity index (χ1v) is 11.0. The van der Waals surface area contributed by atoms with Crippen molar-refractivity contribution in [2.45, 2.75) is 39.5 Å². The molecule has 2 N–H and O–H groups in total. The van der Waals surface area contributed by atoms with Gasteiger partial charge in [0, 0.05) is 20.9 Å². The summed E-state index contributed by atoms with van der Waals surface area (Å²) in [4.78, 5) is 43.0. The number of fused-ring (bicyclic) bond motifs is 1. The molecule has 0 radical (unpaired) electrons. The summed E-state index contributed by atoms with van der Waals surface area (Å²) in [6.45, 7) is 6.84. The maximum atomic E-state index is 12.5. The van der Waals surface area contributed by atoms with Crippen LogP contribution in [0.25, 0.3) is 11.1 Å². The first-order valence-electron chi connectivity index (χ1n) is 10.1.